The Morgan fingerprint density at radius 2 is 2.07 bits per heavy atom. The lowest BCUT2D eigenvalue weighted by Crippen LogP contribution is -2.40. The predicted octanol–water partition coefficient (Wildman–Crippen LogP) is 2.41. The van der Waals surface area contributed by atoms with Gasteiger partial charge in [-0.05, 0) is 25.3 Å². The lowest BCUT2D eigenvalue weighted by Gasteiger charge is -2.21. The highest BCUT2D eigenvalue weighted by Crippen LogP contribution is 2.17. The van der Waals surface area contributed by atoms with Crippen molar-refractivity contribution in [2.24, 2.45) is 10.9 Å². The molecule has 1 atom stereocenters. The van der Waals surface area contributed by atoms with Gasteiger partial charge >= 0.3 is 0 Å². The molecule has 1 fully saturated rings. The molecule has 6 heteroatoms. The smallest absolute Gasteiger partial charge is 0.221 e. The van der Waals surface area contributed by atoms with Crippen LogP contribution >= 0.6 is 0 Å². The van der Waals surface area contributed by atoms with Crippen LogP contribution in [0, 0.1) is 5.92 Å². The lowest BCUT2D eigenvalue weighted by atomic mass is 10.1. The van der Waals surface area contributed by atoms with Crippen molar-refractivity contribution in [2.75, 3.05) is 39.3 Å². The van der Waals surface area contributed by atoms with Crippen LogP contribution in [0.25, 0.3) is 0 Å². The number of hydrogen-bond donors (Lipinski definition) is 2. The van der Waals surface area contributed by atoms with E-state index in [0.717, 1.165) is 51.6 Å². The van der Waals surface area contributed by atoms with E-state index in [2.05, 4.69) is 46.5 Å². The summed E-state index contributed by atoms with van der Waals surface area (Å²) < 4.78 is 5.90. The zero-order valence-electron chi connectivity index (χ0n) is 16.7. The topological polar surface area (TPSA) is 66.0 Å². The van der Waals surface area contributed by atoms with Gasteiger partial charge in [0.2, 0.25) is 5.91 Å². The molecule has 27 heavy (non-hydrogen) atoms. The lowest BCUT2D eigenvalue weighted by molar-refractivity contribution is -0.120. The molecule has 1 saturated heterocycles. The maximum absolute atomic E-state index is 11.7. The summed E-state index contributed by atoms with van der Waals surface area (Å²) in [5.74, 6) is 1.50. The second-order valence-corrected chi connectivity index (χ2v) is 6.94. The summed E-state index contributed by atoms with van der Waals surface area (Å²) in [4.78, 5) is 18.6. The van der Waals surface area contributed by atoms with Crippen molar-refractivity contribution in [3.63, 3.8) is 0 Å². The van der Waals surface area contributed by atoms with Crippen LogP contribution in [0.3, 0.4) is 0 Å². The minimum atomic E-state index is 0.0741. The zero-order valence-corrected chi connectivity index (χ0v) is 16.7. The molecule has 0 spiro atoms. The SMILES string of the molecule is CCCNC(=O)CCN=C(NCC)N1CCC(COCc2ccccc2)C1. The fourth-order valence-electron chi connectivity index (χ4n) is 3.12. The van der Waals surface area contributed by atoms with Crippen LogP contribution in [0.5, 0.6) is 0 Å². The molecule has 2 N–H and O–H groups in total. The minimum Gasteiger partial charge on any atom is -0.376 e. The van der Waals surface area contributed by atoms with Crippen molar-refractivity contribution < 1.29 is 9.53 Å². The number of amides is 1. The fraction of sp³-hybridized carbons (Fsp3) is 0.619. The number of guanidine groups is 1. The van der Waals surface area contributed by atoms with Gasteiger partial charge in [-0.3, -0.25) is 9.79 Å². The second kappa shape index (κ2) is 12.3. The van der Waals surface area contributed by atoms with E-state index in [1.807, 2.05) is 18.2 Å². The molecular weight excluding hydrogens is 340 g/mol. The number of nitrogens with zero attached hydrogens (tertiary/aromatic N) is 2. The van der Waals surface area contributed by atoms with Gasteiger partial charge in [0, 0.05) is 38.5 Å². The minimum absolute atomic E-state index is 0.0741. The van der Waals surface area contributed by atoms with Gasteiger partial charge in [-0.1, -0.05) is 37.3 Å². The average molecular weight is 375 g/mol. The van der Waals surface area contributed by atoms with Crippen molar-refractivity contribution in [3.8, 4) is 0 Å². The molecule has 0 aliphatic carbocycles. The Bertz CT molecular complexity index is 577. The first kappa shape index (κ1) is 21.2. The number of carbonyl (C=O) groups excluding carboxylic acids is 1. The van der Waals surface area contributed by atoms with E-state index in [1.165, 1.54) is 5.56 Å². The van der Waals surface area contributed by atoms with Crippen molar-refractivity contribution in [3.05, 3.63) is 35.9 Å². The third-order valence-electron chi connectivity index (χ3n) is 4.56. The fourth-order valence-corrected chi connectivity index (χ4v) is 3.12. The molecule has 0 aromatic heterocycles. The Kier molecular flexibility index (Phi) is 9.69. The molecule has 1 unspecified atom stereocenters. The van der Waals surface area contributed by atoms with Gasteiger partial charge in [-0.2, -0.15) is 0 Å². The number of likely N-dealkylation sites (tertiary alicyclic amines) is 1. The van der Waals surface area contributed by atoms with Gasteiger partial charge in [0.05, 0.1) is 19.8 Å². The Labute approximate surface area is 163 Å². The molecule has 1 heterocycles. The van der Waals surface area contributed by atoms with Crippen LogP contribution in [0.15, 0.2) is 35.3 Å². The third-order valence-corrected chi connectivity index (χ3v) is 4.56. The van der Waals surface area contributed by atoms with Crippen LogP contribution in [-0.4, -0.2) is 56.1 Å². The molecule has 0 saturated carbocycles. The number of aliphatic imine (C=N–C) groups is 1. The van der Waals surface area contributed by atoms with Gasteiger partial charge in [-0.25, -0.2) is 0 Å². The summed E-state index contributed by atoms with van der Waals surface area (Å²) >= 11 is 0. The van der Waals surface area contributed by atoms with Crippen LogP contribution in [0.2, 0.25) is 0 Å². The highest BCUT2D eigenvalue weighted by Gasteiger charge is 2.25. The van der Waals surface area contributed by atoms with Crippen LogP contribution < -0.4 is 10.6 Å². The first-order valence-corrected chi connectivity index (χ1v) is 10.1. The van der Waals surface area contributed by atoms with E-state index >= 15 is 0 Å². The quantitative estimate of drug-likeness (QED) is 0.488. The van der Waals surface area contributed by atoms with Crippen molar-refractivity contribution in [1.82, 2.24) is 15.5 Å². The molecule has 1 aromatic carbocycles. The van der Waals surface area contributed by atoms with Crippen LogP contribution in [0.4, 0.5) is 0 Å². The van der Waals surface area contributed by atoms with Gasteiger partial charge < -0.3 is 20.3 Å². The number of ether oxygens (including phenoxy) is 1. The Balaban J connectivity index is 1.73. The van der Waals surface area contributed by atoms with Gasteiger partial charge in [-0.15, -0.1) is 0 Å². The zero-order chi connectivity index (χ0) is 19.3. The standard InChI is InChI=1S/C21H34N4O2/c1-3-12-23-20(26)10-13-24-21(22-4-2)25-14-11-19(15-25)17-27-16-18-8-6-5-7-9-18/h5-9,19H,3-4,10-17H2,1-2H3,(H,22,24)(H,23,26). The summed E-state index contributed by atoms with van der Waals surface area (Å²) in [6, 6.07) is 10.3. The van der Waals surface area contributed by atoms with Crippen molar-refractivity contribution in [2.45, 2.75) is 39.7 Å². The van der Waals surface area contributed by atoms with Gasteiger partial charge in [0.25, 0.3) is 0 Å². The number of rotatable bonds is 10. The predicted molar refractivity (Wildman–Crippen MR) is 110 cm³/mol. The van der Waals surface area contributed by atoms with E-state index in [0.29, 0.717) is 25.5 Å². The van der Waals surface area contributed by atoms with E-state index in [1.54, 1.807) is 0 Å². The van der Waals surface area contributed by atoms with E-state index in [4.69, 9.17) is 4.74 Å². The number of carbonyl (C=O) groups is 1. The molecule has 6 nitrogen and oxygen atoms in total. The summed E-state index contributed by atoms with van der Waals surface area (Å²) in [6.07, 6.45) is 2.50. The summed E-state index contributed by atoms with van der Waals surface area (Å²) in [5.41, 5.74) is 1.21. The average Bonchev–Trinajstić information content (AvgIpc) is 3.15. The molecule has 1 aliphatic rings. The van der Waals surface area contributed by atoms with Gasteiger partial charge in [0.15, 0.2) is 5.96 Å². The maximum atomic E-state index is 11.7. The molecule has 1 aromatic rings. The third kappa shape index (κ3) is 7.99. The highest BCUT2D eigenvalue weighted by atomic mass is 16.5. The number of benzene rings is 1. The Hall–Kier alpha value is -2.08. The molecule has 0 bridgehead atoms. The maximum Gasteiger partial charge on any atom is 0.221 e. The molecule has 0 radical (unpaired) electrons. The first-order valence-electron chi connectivity index (χ1n) is 10.1. The molecular formula is C21H34N4O2. The molecule has 2 rings (SSSR count). The molecule has 1 aliphatic heterocycles. The summed E-state index contributed by atoms with van der Waals surface area (Å²) in [7, 11) is 0. The normalized spacial score (nSPS) is 17.2. The van der Waals surface area contributed by atoms with Crippen LogP contribution in [0.1, 0.15) is 38.7 Å². The molecule has 150 valence electrons. The van der Waals surface area contributed by atoms with E-state index in [-0.39, 0.29) is 5.91 Å². The summed E-state index contributed by atoms with van der Waals surface area (Å²) in [5, 5.41) is 6.24. The largest absolute Gasteiger partial charge is 0.376 e. The summed E-state index contributed by atoms with van der Waals surface area (Å²) in [6.45, 7) is 9.56. The van der Waals surface area contributed by atoms with Crippen LogP contribution in [-0.2, 0) is 16.1 Å². The highest BCUT2D eigenvalue weighted by molar-refractivity contribution is 5.81. The monoisotopic (exact) mass is 374 g/mol. The van der Waals surface area contributed by atoms with E-state index in [9.17, 15) is 4.79 Å². The Morgan fingerprint density at radius 1 is 1.26 bits per heavy atom. The molecule has 1 amide bonds. The van der Waals surface area contributed by atoms with E-state index < -0.39 is 0 Å². The van der Waals surface area contributed by atoms with Crippen molar-refractivity contribution in [1.29, 1.82) is 0 Å². The Morgan fingerprint density at radius 3 is 2.81 bits per heavy atom. The number of nitrogens with one attached hydrogen (secondary N) is 2. The van der Waals surface area contributed by atoms with Gasteiger partial charge in [0.1, 0.15) is 0 Å². The number of hydrogen-bond acceptors (Lipinski definition) is 3. The second-order valence-electron chi connectivity index (χ2n) is 6.94. The first-order chi connectivity index (χ1) is 13.2. The van der Waals surface area contributed by atoms with Crippen molar-refractivity contribution >= 4 is 11.9 Å².